The Morgan fingerprint density at radius 1 is 1.04 bits per heavy atom. The van der Waals surface area contributed by atoms with Crippen LogP contribution in [-0.2, 0) is 24.7 Å². The number of fused-ring (bicyclic) bond motifs is 2. The molecule has 2 aliphatic rings. The Balaban J connectivity index is 2.10. The molecule has 1 aliphatic heterocycles. The van der Waals surface area contributed by atoms with Crippen molar-refractivity contribution in [3.8, 4) is 17.1 Å². The molecule has 26 heavy (non-hydrogen) atoms. The minimum Gasteiger partial charge on any atom is -0.508 e. The summed E-state index contributed by atoms with van der Waals surface area (Å²) in [5.41, 5.74) is 1.47. The minimum atomic E-state index is -3.70. The second kappa shape index (κ2) is 7.60. The van der Waals surface area contributed by atoms with Crippen molar-refractivity contribution in [3.63, 3.8) is 0 Å². The quantitative estimate of drug-likeness (QED) is 0.484. The van der Waals surface area contributed by atoms with Gasteiger partial charge in [-0.25, -0.2) is 4.57 Å². The second-order valence-electron chi connectivity index (χ2n) is 5.48. The number of phosphoric ester groups is 1. The molecule has 0 atom stereocenters. The highest BCUT2D eigenvalue weighted by Crippen LogP contribution is 2.50. The maximum Gasteiger partial charge on any atom is 0.475 e. The Morgan fingerprint density at radius 2 is 1.77 bits per heavy atom. The predicted molar refractivity (Wildman–Crippen MR) is 96.4 cm³/mol. The van der Waals surface area contributed by atoms with Gasteiger partial charge in [0.15, 0.2) is 5.43 Å². The van der Waals surface area contributed by atoms with Crippen LogP contribution in [0, 0.1) is 0 Å². The van der Waals surface area contributed by atoms with Crippen LogP contribution in [0.4, 0.5) is 0 Å². The van der Waals surface area contributed by atoms with Gasteiger partial charge < -0.3 is 9.52 Å². The van der Waals surface area contributed by atoms with Crippen LogP contribution in [0.25, 0.3) is 22.3 Å². The monoisotopic (exact) mass is 378 g/mol. The van der Waals surface area contributed by atoms with Gasteiger partial charge in [0.05, 0.1) is 19.8 Å². The largest absolute Gasteiger partial charge is 0.508 e. The molecule has 8 heteroatoms. The van der Waals surface area contributed by atoms with Gasteiger partial charge >= 0.3 is 7.82 Å². The summed E-state index contributed by atoms with van der Waals surface area (Å²) in [6.45, 7) is 3.66. The van der Waals surface area contributed by atoms with Crippen molar-refractivity contribution in [2.75, 3.05) is 13.2 Å². The summed E-state index contributed by atoms with van der Waals surface area (Å²) < 4.78 is 34.1. The lowest BCUT2D eigenvalue weighted by atomic mass is 10.0. The number of hydrogen-bond acceptors (Lipinski definition) is 7. The highest BCUT2D eigenvalue weighted by Gasteiger charge is 2.27. The Labute approximate surface area is 150 Å². The zero-order valence-electron chi connectivity index (χ0n) is 14.4. The van der Waals surface area contributed by atoms with E-state index < -0.39 is 7.82 Å². The smallest absolute Gasteiger partial charge is 0.475 e. The minimum absolute atomic E-state index is 0.0278. The molecule has 0 amide bonds. The highest BCUT2D eigenvalue weighted by molar-refractivity contribution is 7.48. The van der Waals surface area contributed by atoms with Crippen LogP contribution >= 0.6 is 7.82 Å². The first-order valence-electron chi connectivity index (χ1n) is 8.18. The predicted octanol–water partition coefficient (Wildman–Crippen LogP) is 4.30. The summed E-state index contributed by atoms with van der Waals surface area (Å²) in [6, 6.07) is 9.02. The van der Waals surface area contributed by atoms with Crippen molar-refractivity contribution >= 4 is 18.8 Å². The van der Waals surface area contributed by atoms with Gasteiger partial charge in [-0.1, -0.05) is 0 Å². The van der Waals surface area contributed by atoms with Gasteiger partial charge in [-0.3, -0.25) is 18.4 Å². The van der Waals surface area contributed by atoms with E-state index >= 15 is 0 Å². The average molecular weight is 378 g/mol. The van der Waals surface area contributed by atoms with E-state index in [1.807, 2.05) is 0 Å². The maximum absolute atomic E-state index is 12.6. The van der Waals surface area contributed by atoms with E-state index in [0.29, 0.717) is 27.9 Å². The molecule has 0 saturated carbocycles. The van der Waals surface area contributed by atoms with E-state index in [4.69, 9.17) is 18.0 Å². The van der Waals surface area contributed by atoms with E-state index in [-0.39, 0.29) is 31.0 Å². The van der Waals surface area contributed by atoms with Crippen molar-refractivity contribution in [2.45, 2.75) is 20.5 Å². The summed E-state index contributed by atoms with van der Waals surface area (Å²) in [5.74, 6) is 0.372. The van der Waals surface area contributed by atoms with E-state index in [9.17, 15) is 14.5 Å². The van der Waals surface area contributed by atoms with Crippen LogP contribution in [0.2, 0.25) is 0 Å². The fourth-order valence-electron chi connectivity index (χ4n) is 2.67. The standard InChI is InChI=1S/C18H19O7P/c1-3-22-26(21,23-4-2)24-11-16-14-7-5-12(19)9-17(14)25-18-10-13(20)6-8-15(16)18/h5-10,19H,3-4,11H2,1-2H3. The number of phosphoric acid groups is 1. The van der Waals surface area contributed by atoms with Gasteiger partial charge in [0.1, 0.15) is 17.1 Å². The number of phenols is 1. The van der Waals surface area contributed by atoms with Crippen LogP contribution in [0.5, 0.6) is 5.75 Å². The van der Waals surface area contributed by atoms with Gasteiger partial charge in [0, 0.05) is 28.6 Å². The molecule has 3 rings (SSSR count). The number of rotatable bonds is 7. The molecule has 1 aliphatic carbocycles. The molecule has 0 aromatic heterocycles. The Kier molecular flexibility index (Phi) is 5.44. The number of hydrogen-bond donors (Lipinski definition) is 1. The molecule has 7 nitrogen and oxygen atoms in total. The third-order valence-corrected chi connectivity index (χ3v) is 5.32. The molecule has 1 aromatic carbocycles. The van der Waals surface area contributed by atoms with Gasteiger partial charge in [0.2, 0.25) is 0 Å². The first-order valence-corrected chi connectivity index (χ1v) is 9.64. The number of benzene rings is 2. The Morgan fingerprint density at radius 3 is 2.46 bits per heavy atom. The van der Waals surface area contributed by atoms with Crippen LogP contribution in [-0.4, -0.2) is 18.3 Å². The van der Waals surface area contributed by atoms with E-state index in [1.54, 1.807) is 26.0 Å². The average Bonchev–Trinajstić information content (AvgIpc) is 2.58. The van der Waals surface area contributed by atoms with Gasteiger partial charge in [-0.05, 0) is 38.1 Å². The molecule has 0 saturated heterocycles. The Hall–Kier alpha value is -2.18. The summed E-state index contributed by atoms with van der Waals surface area (Å²) in [7, 11) is -3.70. The molecular weight excluding hydrogens is 359 g/mol. The van der Waals surface area contributed by atoms with E-state index in [0.717, 1.165) is 0 Å². The summed E-state index contributed by atoms with van der Waals surface area (Å²) in [6.07, 6.45) is 0. The van der Waals surface area contributed by atoms with E-state index in [2.05, 4.69) is 0 Å². The number of aromatic hydroxyl groups is 1. The normalized spacial score (nSPS) is 12.1. The van der Waals surface area contributed by atoms with Crippen molar-refractivity contribution in [3.05, 3.63) is 52.2 Å². The third-order valence-electron chi connectivity index (χ3n) is 3.73. The SMILES string of the molecule is CCOP(=O)(OCC)OCc1c2ccc(=O)cc-2oc2cc(O)ccc12. The zero-order chi connectivity index (χ0) is 18.7. The zero-order valence-corrected chi connectivity index (χ0v) is 15.3. The van der Waals surface area contributed by atoms with Gasteiger partial charge in [0.25, 0.3) is 0 Å². The fourth-order valence-corrected chi connectivity index (χ4v) is 3.82. The van der Waals surface area contributed by atoms with Crippen molar-refractivity contribution in [2.24, 2.45) is 0 Å². The molecule has 1 heterocycles. The van der Waals surface area contributed by atoms with E-state index in [1.165, 1.54) is 24.3 Å². The molecule has 1 aromatic rings. The molecule has 0 bridgehead atoms. The molecule has 1 N–H and O–H groups in total. The highest BCUT2D eigenvalue weighted by atomic mass is 31.2. The molecule has 0 radical (unpaired) electrons. The summed E-state index contributed by atoms with van der Waals surface area (Å²) in [5, 5.41) is 10.4. The second-order valence-corrected chi connectivity index (χ2v) is 7.14. The molecule has 138 valence electrons. The molecule has 0 spiro atoms. The van der Waals surface area contributed by atoms with Crippen molar-refractivity contribution in [1.29, 1.82) is 0 Å². The first kappa shape index (κ1) is 18.6. The topological polar surface area (TPSA) is 95.2 Å². The lowest BCUT2D eigenvalue weighted by Gasteiger charge is -2.19. The summed E-state index contributed by atoms with van der Waals surface area (Å²) >= 11 is 0. The van der Waals surface area contributed by atoms with Gasteiger partial charge in [-0.15, -0.1) is 0 Å². The lowest BCUT2D eigenvalue weighted by molar-refractivity contribution is 0.116. The first-order chi connectivity index (χ1) is 12.5. The molecular formula is C18H19O7P. The van der Waals surface area contributed by atoms with Crippen LogP contribution in [0.15, 0.2) is 45.6 Å². The fraction of sp³-hybridized carbons (Fsp3) is 0.278. The van der Waals surface area contributed by atoms with Crippen molar-refractivity contribution in [1.82, 2.24) is 0 Å². The van der Waals surface area contributed by atoms with Crippen LogP contribution in [0.1, 0.15) is 19.4 Å². The third kappa shape index (κ3) is 3.81. The van der Waals surface area contributed by atoms with Crippen LogP contribution in [0.3, 0.4) is 0 Å². The molecule has 0 unspecified atom stereocenters. The van der Waals surface area contributed by atoms with Gasteiger partial charge in [-0.2, -0.15) is 0 Å². The van der Waals surface area contributed by atoms with Crippen LogP contribution < -0.4 is 5.43 Å². The maximum atomic E-state index is 12.6. The summed E-state index contributed by atoms with van der Waals surface area (Å²) in [4.78, 5) is 11.7. The van der Waals surface area contributed by atoms with Crippen molar-refractivity contribution < 1.29 is 27.7 Å². The lowest BCUT2D eigenvalue weighted by Crippen LogP contribution is -2.04. The Bertz CT molecular complexity index is 985. The number of phenolic OH excluding ortho intramolecular Hbond substituents is 1. The molecule has 0 fully saturated rings.